The van der Waals surface area contributed by atoms with Crippen LogP contribution in [-0.4, -0.2) is 35.2 Å². The van der Waals surface area contributed by atoms with Crippen LogP contribution in [0.25, 0.3) is 44.4 Å². The topological polar surface area (TPSA) is 109 Å². The van der Waals surface area contributed by atoms with Gasteiger partial charge < -0.3 is 4.85 Å². The van der Waals surface area contributed by atoms with Gasteiger partial charge in [-0.25, -0.2) is 4.52 Å². The smallest absolute Gasteiger partial charge is 0.298 e. The Bertz CT molecular complexity index is 1480. The molecule has 0 spiro atoms. The molecule has 0 amide bonds. The van der Waals surface area contributed by atoms with Crippen LogP contribution >= 0.6 is 11.6 Å². The molecule has 0 aliphatic heterocycles. The summed E-state index contributed by atoms with van der Waals surface area (Å²) < 4.78 is 1.49. The zero-order valence-corrected chi connectivity index (χ0v) is 15.9. The van der Waals surface area contributed by atoms with Crippen molar-refractivity contribution >= 4 is 23.1 Å². The standard InChI is InChI=1S/C20H11ClN8O/c1-22-19-16(11-6-3-2-4-7-11)29-20(23-19)17(30)14(12-8-5-9-13(21)10-12)15(26-29)18-24-27-28-25-18/h2-10,26H,(H,24,25,27,28). The molecule has 2 aromatic carbocycles. The molecule has 30 heavy (non-hydrogen) atoms. The van der Waals surface area contributed by atoms with Gasteiger partial charge in [-0.1, -0.05) is 65.6 Å². The molecule has 0 radical (unpaired) electrons. The normalized spacial score (nSPS) is 10.9. The van der Waals surface area contributed by atoms with Gasteiger partial charge in [0.1, 0.15) is 11.4 Å². The second-order valence-electron chi connectivity index (χ2n) is 6.36. The van der Waals surface area contributed by atoms with Crippen LogP contribution in [0, 0.1) is 6.57 Å². The molecule has 10 heteroatoms. The minimum Gasteiger partial charge on any atom is -0.359 e. The van der Waals surface area contributed by atoms with Crippen molar-refractivity contribution in [3.05, 3.63) is 81.3 Å². The summed E-state index contributed by atoms with van der Waals surface area (Å²) in [7, 11) is 0. The molecule has 3 heterocycles. The van der Waals surface area contributed by atoms with E-state index in [1.165, 1.54) is 4.52 Å². The fraction of sp³-hybridized carbons (Fsp3) is 0. The average Bonchev–Trinajstić information content (AvgIpc) is 3.42. The van der Waals surface area contributed by atoms with E-state index in [1.54, 1.807) is 24.3 Å². The van der Waals surface area contributed by atoms with Gasteiger partial charge >= 0.3 is 0 Å². The minimum absolute atomic E-state index is 0.0853. The van der Waals surface area contributed by atoms with Crippen molar-refractivity contribution in [3.8, 4) is 33.9 Å². The number of imidazole rings is 1. The number of aromatic nitrogens is 7. The van der Waals surface area contributed by atoms with Crippen LogP contribution in [0.2, 0.25) is 5.02 Å². The summed E-state index contributed by atoms with van der Waals surface area (Å²) >= 11 is 6.15. The zero-order valence-electron chi connectivity index (χ0n) is 15.2. The highest BCUT2D eigenvalue weighted by molar-refractivity contribution is 6.30. The monoisotopic (exact) mass is 414 g/mol. The number of H-pyrrole nitrogens is 2. The first-order chi connectivity index (χ1) is 14.7. The van der Waals surface area contributed by atoms with Gasteiger partial charge in [-0.3, -0.25) is 9.89 Å². The molecule has 0 atom stereocenters. The fourth-order valence-corrected chi connectivity index (χ4v) is 3.53. The third-order valence-corrected chi connectivity index (χ3v) is 4.83. The highest BCUT2D eigenvalue weighted by Crippen LogP contribution is 2.33. The number of nitrogens with one attached hydrogen (secondary N) is 2. The highest BCUT2D eigenvalue weighted by atomic mass is 35.5. The molecule has 5 aromatic rings. The molecule has 3 aromatic heterocycles. The van der Waals surface area contributed by atoms with Gasteiger partial charge in [-0.15, -0.1) is 10.2 Å². The maximum atomic E-state index is 13.5. The van der Waals surface area contributed by atoms with E-state index < -0.39 is 0 Å². The lowest BCUT2D eigenvalue weighted by molar-refractivity contribution is 0.881. The van der Waals surface area contributed by atoms with Crippen molar-refractivity contribution in [1.82, 2.24) is 35.2 Å². The summed E-state index contributed by atoms with van der Waals surface area (Å²) in [6, 6.07) is 16.1. The largest absolute Gasteiger partial charge is 0.359 e. The van der Waals surface area contributed by atoms with Gasteiger partial charge in [0.25, 0.3) is 16.9 Å². The summed E-state index contributed by atoms with van der Waals surface area (Å²) in [5.41, 5.74) is 2.09. The first kappa shape index (κ1) is 17.8. The van der Waals surface area contributed by atoms with Gasteiger partial charge in [-0.2, -0.15) is 5.21 Å². The number of benzene rings is 2. The predicted molar refractivity (Wildman–Crippen MR) is 111 cm³/mol. The van der Waals surface area contributed by atoms with Crippen molar-refractivity contribution in [3.63, 3.8) is 0 Å². The lowest BCUT2D eigenvalue weighted by atomic mass is 10.0. The van der Waals surface area contributed by atoms with Crippen LogP contribution in [-0.2, 0) is 0 Å². The van der Waals surface area contributed by atoms with Gasteiger partial charge in [0.05, 0.1) is 5.56 Å². The van der Waals surface area contributed by atoms with Crippen molar-refractivity contribution in [2.24, 2.45) is 0 Å². The van der Waals surface area contributed by atoms with Crippen molar-refractivity contribution in [2.45, 2.75) is 0 Å². The van der Waals surface area contributed by atoms with E-state index in [2.05, 4.69) is 35.6 Å². The van der Waals surface area contributed by atoms with E-state index in [0.29, 0.717) is 22.0 Å². The van der Waals surface area contributed by atoms with Gasteiger partial charge in [0, 0.05) is 5.02 Å². The maximum Gasteiger partial charge on any atom is 0.298 e. The average molecular weight is 415 g/mol. The lowest BCUT2D eigenvalue weighted by Crippen LogP contribution is -2.15. The number of halogens is 1. The van der Waals surface area contributed by atoms with Crippen LogP contribution in [0.3, 0.4) is 0 Å². The van der Waals surface area contributed by atoms with Crippen molar-refractivity contribution in [2.75, 3.05) is 0 Å². The Kier molecular flexibility index (Phi) is 4.12. The first-order valence-corrected chi connectivity index (χ1v) is 9.16. The summed E-state index contributed by atoms with van der Waals surface area (Å²) in [6.07, 6.45) is 0. The molecule has 0 unspecified atom stereocenters. The number of fused-ring (bicyclic) bond motifs is 1. The lowest BCUT2D eigenvalue weighted by Gasteiger charge is -2.09. The Morgan fingerprint density at radius 2 is 1.87 bits per heavy atom. The summed E-state index contributed by atoms with van der Waals surface area (Å²) in [6.45, 7) is 7.55. The number of hydrogen-bond acceptors (Lipinski definition) is 5. The number of hydrogen-bond donors (Lipinski definition) is 2. The Morgan fingerprint density at radius 1 is 1.07 bits per heavy atom. The molecule has 144 valence electrons. The summed E-state index contributed by atoms with van der Waals surface area (Å²) in [4.78, 5) is 21.4. The van der Waals surface area contributed by atoms with Crippen LogP contribution in [0.1, 0.15) is 0 Å². The quantitative estimate of drug-likeness (QED) is 0.437. The molecular weight excluding hydrogens is 404 g/mol. The predicted octanol–water partition coefficient (Wildman–Crippen LogP) is 3.74. The Morgan fingerprint density at radius 3 is 2.57 bits per heavy atom. The molecule has 0 bridgehead atoms. The van der Waals surface area contributed by atoms with E-state index in [9.17, 15) is 4.79 Å². The van der Waals surface area contributed by atoms with E-state index in [4.69, 9.17) is 18.2 Å². The third-order valence-electron chi connectivity index (χ3n) is 4.60. The Balaban J connectivity index is 1.93. The van der Waals surface area contributed by atoms with E-state index in [-0.39, 0.29) is 28.3 Å². The number of rotatable bonds is 3. The molecule has 0 saturated carbocycles. The van der Waals surface area contributed by atoms with Gasteiger partial charge in [-0.05, 0) is 28.5 Å². The molecular formula is C20H11ClN8O. The van der Waals surface area contributed by atoms with E-state index >= 15 is 0 Å². The van der Waals surface area contributed by atoms with Crippen LogP contribution in [0.4, 0.5) is 5.82 Å². The Hall–Kier alpha value is -4.29. The second kappa shape index (κ2) is 6.95. The van der Waals surface area contributed by atoms with Gasteiger partial charge in [0.2, 0.25) is 5.82 Å². The van der Waals surface area contributed by atoms with Crippen LogP contribution < -0.4 is 5.43 Å². The molecule has 5 rings (SSSR count). The first-order valence-electron chi connectivity index (χ1n) is 8.78. The summed E-state index contributed by atoms with van der Waals surface area (Å²) in [5.74, 6) is 0.304. The molecule has 0 fully saturated rings. The number of tetrazole rings is 1. The molecule has 2 N–H and O–H groups in total. The number of aromatic amines is 2. The van der Waals surface area contributed by atoms with Crippen molar-refractivity contribution < 1.29 is 0 Å². The zero-order chi connectivity index (χ0) is 20.7. The van der Waals surface area contributed by atoms with Crippen LogP contribution in [0.15, 0.2) is 59.4 Å². The van der Waals surface area contributed by atoms with Gasteiger partial charge in [0.15, 0.2) is 0 Å². The third kappa shape index (κ3) is 2.75. The summed E-state index contributed by atoms with van der Waals surface area (Å²) in [5, 5.41) is 17.7. The van der Waals surface area contributed by atoms with E-state index in [0.717, 1.165) is 5.56 Å². The SMILES string of the molecule is [C-]#[N+]c1nc2c(=O)c(-c3cccc(Cl)c3)c(-c3nn[nH]n3)[nH]n2c1-c1ccccc1. The highest BCUT2D eigenvalue weighted by Gasteiger charge is 2.25. The molecule has 0 aliphatic rings. The van der Waals surface area contributed by atoms with Crippen molar-refractivity contribution in [1.29, 1.82) is 0 Å². The second-order valence-corrected chi connectivity index (χ2v) is 6.79. The number of nitrogens with zero attached hydrogens (tertiary/aromatic N) is 6. The fourth-order valence-electron chi connectivity index (χ4n) is 3.34. The minimum atomic E-state index is -0.386. The van der Waals surface area contributed by atoms with E-state index in [1.807, 2.05) is 30.3 Å². The maximum absolute atomic E-state index is 13.5. The molecule has 0 aliphatic carbocycles. The molecule has 9 nitrogen and oxygen atoms in total. The Labute approximate surface area is 173 Å². The van der Waals surface area contributed by atoms with Crippen LogP contribution in [0.5, 0.6) is 0 Å². The molecule has 0 saturated heterocycles.